The molecule has 0 aromatic carbocycles. The van der Waals surface area contributed by atoms with E-state index < -0.39 is 0 Å². The van der Waals surface area contributed by atoms with E-state index in [-0.39, 0.29) is 17.9 Å². The molecule has 1 aromatic heterocycles. The van der Waals surface area contributed by atoms with Gasteiger partial charge in [0.15, 0.2) is 0 Å². The molecule has 0 spiro atoms. The zero-order valence-electron chi connectivity index (χ0n) is 10.7. The molecule has 1 rings (SSSR count). The minimum atomic E-state index is -0.310. The fourth-order valence-electron chi connectivity index (χ4n) is 1.54. The lowest BCUT2D eigenvalue weighted by molar-refractivity contribution is -0.144. The summed E-state index contributed by atoms with van der Waals surface area (Å²) in [5.74, 6) is 0.652. The molecule has 0 aliphatic heterocycles. The molecule has 0 aliphatic rings. The number of hydrogen-bond donors (Lipinski definition) is 1. The molecule has 94 valence electrons. The van der Waals surface area contributed by atoms with E-state index in [1.54, 1.807) is 6.20 Å². The first-order valence-electron chi connectivity index (χ1n) is 5.64. The van der Waals surface area contributed by atoms with Crippen LogP contribution < -0.4 is 5.32 Å². The molecule has 5 nitrogen and oxygen atoms in total. The standard InChI is InChI=1S/C12H19N3O2/c1-8(2)11(12(16)17-4)14-7-10-5-6-13-9(3)15-10/h5-6,8,11,14H,7H2,1-4H3. The van der Waals surface area contributed by atoms with Crippen LogP contribution in [0.4, 0.5) is 0 Å². The van der Waals surface area contributed by atoms with E-state index in [2.05, 4.69) is 15.3 Å². The van der Waals surface area contributed by atoms with Gasteiger partial charge in [-0.2, -0.15) is 0 Å². The van der Waals surface area contributed by atoms with Gasteiger partial charge in [0, 0.05) is 12.7 Å². The number of rotatable bonds is 5. The van der Waals surface area contributed by atoms with Gasteiger partial charge in [-0.05, 0) is 18.9 Å². The normalized spacial score (nSPS) is 12.5. The first kappa shape index (κ1) is 13.6. The maximum Gasteiger partial charge on any atom is 0.323 e. The largest absolute Gasteiger partial charge is 0.468 e. The Morgan fingerprint density at radius 3 is 2.76 bits per heavy atom. The monoisotopic (exact) mass is 237 g/mol. The van der Waals surface area contributed by atoms with Crippen molar-refractivity contribution in [3.63, 3.8) is 0 Å². The van der Waals surface area contributed by atoms with Gasteiger partial charge in [-0.25, -0.2) is 9.97 Å². The average Bonchev–Trinajstić information content (AvgIpc) is 2.28. The SMILES string of the molecule is COC(=O)C(NCc1ccnc(C)n1)C(C)C. The topological polar surface area (TPSA) is 64.1 Å². The van der Waals surface area contributed by atoms with Gasteiger partial charge >= 0.3 is 5.97 Å². The second kappa shape index (κ2) is 6.30. The predicted octanol–water partition coefficient (Wildman–Crippen LogP) is 1.07. The number of methoxy groups -OCH3 is 1. The minimum Gasteiger partial charge on any atom is -0.468 e. The molecule has 0 saturated heterocycles. The highest BCUT2D eigenvalue weighted by atomic mass is 16.5. The highest BCUT2D eigenvalue weighted by molar-refractivity contribution is 5.75. The summed E-state index contributed by atoms with van der Waals surface area (Å²) in [5, 5.41) is 3.15. The summed E-state index contributed by atoms with van der Waals surface area (Å²) in [6, 6.07) is 1.52. The number of nitrogens with one attached hydrogen (secondary N) is 1. The average molecular weight is 237 g/mol. The molecular formula is C12H19N3O2. The molecule has 17 heavy (non-hydrogen) atoms. The van der Waals surface area contributed by atoms with E-state index >= 15 is 0 Å². The molecule has 5 heteroatoms. The Balaban J connectivity index is 2.61. The van der Waals surface area contributed by atoms with E-state index in [4.69, 9.17) is 4.74 Å². The van der Waals surface area contributed by atoms with Crippen molar-refractivity contribution in [3.8, 4) is 0 Å². The Bertz CT molecular complexity index is 380. The Kier molecular flexibility index (Phi) is 5.03. The fraction of sp³-hybridized carbons (Fsp3) is 0.583. The van der Waals surface area contributed by atoms with Crippen LogP contribution in [0.3, 0.4) is 0 Å². The number of carbonyl (C=O) groups excluding carboxylic acids is 1. The number of ether oxygens (including phenoxy) is 1. The van der Waals surface area contributed by atoms with Crippen molar-refractivity contribution in [1.29, 1.82) is 0 Å². The zero-order valence-corrected chi connectivity index (χ0v) is 10.7. The summed E-state index contributed by atoms with van der Waals surface area (Å²) in [6.45, 7) is 6.31. The first-order chi connectivity index (χ1) is 8.04. The maximum atomic E-state index is 11.5. The smallest absolute Gasteiger partial charge is 0.323 e. The van der Waals surface area contributed by atoms with Crippen LogP contribution in [-0.4, -0.2) is 29.1 Å². The molecule has 0 bridgehead atoms. The van der Waals surface area contributed by atoms with Crippen LogP contribution in [0.2, 0.25) is 0 Å². The fourth-order valence-corrected chi connectivity index (χ4v) is 1.54. The molecule has 1 atom stereocenters. The van der Waals surface area contributed by atoms with Crippen LogP contribution in [0.5, 0.6) is 0 Å². The molecule has 0 fully saturated rings. The highest BCUT2D eigenvalue weighted by Gasteiger charge is 2.22. The second-order valence-corrected chi connectivity index (χ2v) is 4.22. The zero-order chi connectivity index (χ0) is 12.8. The van der Waals surface area contributed by atoms with Gasteiger partial charge in [-0.15, -0.1) is 0 Å². The molecule has 1 unspecified atom stereocenters. The maximum absolute atomic E-state index is 11.5. The number of aromatic nitrogens is 2. The molecule has 1 heterocycles. The van der Waals surface area contributed by atoms with Crippen LogP contribution in [0.15, 0.2) is 12.3 Å². The lowest BCUT2D eigenvalue weighted by atomic mass is 10.0. The number of esters is 1. The number of aryl methyl sites for hydroxylation is 1. The van der Waals surface area contributed by atoms with Crippen LogP contribution >= 0.6 is 0 Å². The predicted molar refractivity (Wildman–Crippen MR) is 64.3 cm³/mol. The van der Waals surface area contributed by atoms with Gasteiger partial charge in [-0.3, -0.25) is 10.1 Å². The summed E-state index contributed by atoms with van der Waals surface area (Å²) in [4.78, 5) is 19.8. The third-order valence-electron chi connectivity index (χ3n) is 2.46. The Morgan fingerprint density at radius 1 is 1.53 bits per heavy atom. The van der Waals surface area contributed by atoms with E-state index in [9.17, 15) is 4.79 Å². The van der Waals surface area contributed by atoms with Crippen molar-refractivity contribution >= 4 is 5.97 Å². The minimum absolute atomic E-state index is 0.172. The summed E-state index contributed by atoms with van der Waals surface area (Å²) in [5.41, 5.74) is 0.868. The van der Waals surface area contributed by atoms with Gasteiger partial charge in [0.25, 0.3) is 0 Å². The van der Waals surface area contributed by atoms with E-state index in [1.807, 2.05) is 26.8 Å². The number of hydrogen-bond acceptors (Lipinski definition) is 5. The Morgan fingerprint density at radius 2 is 2.24 bits per heavy atom. The lowest BCUT2D eigenvalue weighted by Gasteiger charge is -2.19. The summed E-state index contributed by atoms with van der Waals surface area (Å²) in [6.07, 6.45) is 1.71. The van der Waals surface area contributed by atoms with Crippen molar-refractivity contribution < 1.29 is 9.53 Å². The highest BCUT2D eigenvalue weighted by Crippen LogP contribution is 2.05. The first-order valence-corrected chi connectivity index (χ1v) is 5.64. The lowest BCUT2D eigenvalue weighted by Crippen LogP contribution is -2.41. The van der Waals surface area contributed by atoms with Crippen molar-refractivity contribution in [1.82, 2.24) is 15.3 Å². The van der Waals surface area contributed by atoms with Gasteiger partial charge < -0.3 is 4.74 Å². The van der Waals surface area contributed by atoms with Gasteiger partial charge in [0.2, 0.25) is 0 Å². The van der Waals surface area contributed by atoms with Crippen LogP contribution in [0.25, 0.3) is 0 Å². The Hall–Kier alpha value is -1.49. The van der Waals surface area contributed by atoms with Crippen LogP contribution in [0, 0.1) is 12.8 Å². The van der Waals surface area contributed by atoms with Crippen molar-refractivity contribution in [2.24, 2.45) is 5.92 Å². The van der Waals surface area contributed by atoms with E-state index in [1.165, 1.54) is 7.11 Å². The summed E-state index contributed by atoms with van der Waals surface area (Å²) >= 11 is 0. The summed E-state index contributed by atoms with van der Waals surface area (Å²) < 4.78 is 4.75. The molecule has 0 saturated carbocycles. The number of carbonyl (C=O) groups is 1. The van der Waals surface area contributed by atoms with E-state index in [0.717, 1.165) is 11.5 Å². The third kappa shape index (κ3) is 4.11. The van der Waals surface area contributed by atoms with Crippen molar-refractivity contribution in [2.75, 3.05) is 7.11 Å². The van der Waals surface area contributed by atoms with Crippen molar-refractivity contribution in [3.05, 3.63) is 23.8 Å². The van der Waals surface area contributed by atoms with Gasteiger partial charge in [-0.1, -0.05) is 13.8 Å². The molecular weight excluding hydrogens is 218 g/mol. The summed E-state index contributed by atoms with van der Waals surface area (Å²) in [7, 11) is 1.40. The van der Waals surface area contributed by atoms with Gasteiger partial charge in [0.05, 0.1) is 12.8 Å². The van der Waals surface area contributed by atoms with E-state index in [0.29, 0.717) is 6.54 Å². The molecule has 1 N–H and O–H groups in total. The molecule has 1 aromatic rings. The molecule has 0 amide bonds. The van der Waals surface area contributed by atoms with Crippen LogP contribution in [-0.2, 0) is 16.1 Å². The second-order valence-electron chi connectivity index (χ2n) is 4.22. The molecule has 0 radical (unpaired) electrons. The molecule has 0 aliphatic carbocycles. The van der Waals surface area contributed by atoms with Gasteiger partial charge in [0.1, 0.15) is 11.9 Å². The third-order valence-corrected chi connectivity index (χ3v) is 2.46. The number of nitrogens with zero attached hydrogens (tertiary/aromatic N) is 2. The van der Waals surface area contributed by atoms with Crippen molar-refractivity contribution in [2.45, 2.75) is 33.4 Å². The quantitative estimate of drug-likeness (QED) is 0.776. The Labute approximate surface area is 102 Å². The van der Waals surface area contributed by atoms with Crippen LogP contribution in [0.1, 0.15) is 25.4 Å².